The molecule has 0 spiro atoms. The van der Waals surface area contributed by atoms with Gasteiger partial charge in [-0.05, 0) is 19.9 Å². The molecule has 2 rings (SSSR count). The van der Waals surface area contributed by atoms with Crippen molar-refractivity contribution in [2.24, 2.45) is 0 Å². The molecule has 96 valence electrons. The van der Waals surface area contributed by atoms with Crippen LogP contribution in [0.2, 0.25) is 0 Å². The van der Waals surface area contributed by atoms with Gasteiger partial charge in [-0.15, -0.1) is 0 Å². The molecule has 0 fully saturated rings. The molecule has 0 radical (unpaired) electrons. The van der Waals surface area contributed by atoms with Gasteiger partial charge in [-0.3, -0.25) is 4.68 Å². The van der Waals surface area contributed by atoms with E-state index in [0.717, 1.165) is 6.54 Å². The van der Waals surface area contributed by atoms with Gasteiger partial charge in [0, 0.05) is 18.6 Å². The molecule has 6 nitrogen and oxygen atoms in total. The van der Waals surface area contributed by atoms with Crippen molar-refractivity contribution in [3.8, 4) is 0 Å². The van der Waals surface area contributed by atoms with E-state index in [4.69, 9.17) is 4.74 Å². The number of hydrogen-bond acceptors (Lipinski definition) is 4. The molecule has 0 amide bonds. The first kappa shape index (κ1) is 12.3. The molecule has 1 unspecified atom stereocenters. The number of nitrogens with zero attached hydrogens (tertiary/aromatic N) is 4. The lowest BCUT2D eigenvalue weighted by Gasteiger charge is -2.12. The van der Waals surface area contributed by atoms with Crippen molar-refractivity contribution >= 4 is 5.97 Å². The van der Waals surface area contributed by atoms with Crippen LogP contribution in [0, 0.1) is 0 Å². The molecule has 0 saturated heterocycles. The van der Waals surface area contributed by atoms with E-state index < -0.39 is 0 Å². The number of aromatic nitrogens is 4. The van der Waals surface area contributed by atoms with Crippen molar-refractivity contribution < 1.29 is 9.53 Å². The van der Waals surface area contributed by atoms with Crippen LogP contribution in [-0.4, -0.2) is 31.9 Å². The van der Waals surface area contributed by atoms with Crippen molar-refractivity contribution in [1.29, 1.82) is 0 Å². The summed E-state index contributed by atoms with van der Waals surface area (Å²) in [5, 5.41) is 4.14. The third kappa shape index (κ3) is 2.77. The Hall–Kier alpha value is -2.11. The predicted octanol–water partition coefficient (Wildman–Crippen LogP) is 1.52. The Morgan fingerprint density at radius 2 is 2.39 bits per heavy atom. The minimum absolute atomic E-state index is 0.167. The SMILES string of the molecule is CCOC(=O)c1cn(C(C)Cn2cccn2)cn1. The maximum absolute atomic E-state index is 11.5. The molecule has 2 heterocycles. The monoisotopic (exact) mass is 248 g/mol. The Bertz CT molecular complexity index is 504. The van der Waals surface area contributed by atoms with Gasteiger partial charge in [-0.25, -0.2) is 9.78 Å². The summed E-state index contributed by atoms with van der Waals surface area (Å²) in [6, 6.07) is 2.05. The molecule has 18 heavy (non-hydrogen) atoms. The highest BCUT2D eigenvalue weighted by atomic mass is 16.5. The van der Waals surface area contributed by atoms with Gasteiger partial charge in [0.25, 0.3) is 0 Å². The second kappa shape index (κ2) is 5.48. The quantitative estimate of drug-likeness (QED) is 0.753. The van der Waals surface area contributed by atoms with Crippen molar-refractivity contribution in [3.05, 3.63) is 36.7 Å². The number of imidazole rings is 1. The van der Waals surface area contributed by atoms with Gasteiger partial charge in [0.05, 0.1) is 25.5 Å². The third-order valence-electron chi connectivity index (χ3n) is 2.61. The summed E-state index contributed by atoms with van der Waals surface area (Å²) < 4.78 is 8.62. The number of esters is 1. The number of ether oxygens (including phenoxy) is 1. The maximum atomic E-state index is 11.5. The first-order valence-electron chi connectivity index (χ1n) is 5.88. The fourth-order valence-electron chi connectivity index (χ4n) is 1.66. The van der Waals surface area contributed by atoms with Gasteiger partial charge in [0.15, 0.2) is 5.69 Å². The summed E-state index contributed by atoms with van der Waals surface area (Å²) in [6.45, 7) is 4.90. The van der Waals surface area contributed by atoms with E-state index in [1.807, 2.05) is 28.4 Å². The highest BCUT2D eigenvalue weighted by Crippen LogP contribution is 2.10. The van der Waals surface area contributed by atoms with Crippen molar-refractivity contribution in [2.75, 3.05) is 6.61 Å². The summed E-state index contributed by atoms with van der Waals surface area (Å²) in [7, 11) is 0. The molecule has 2 aromatic rings. The standard InChI is InChI=1S/C12H16N4O2/c1-3-18-12(17)11-8-15(9-13-11)10(2)7-16-6-4-5-14-16/h4-6,8-10H,3,7H2,1-2H3. The summed E-state index contributed by atoms with van der Waals surface area (Å²) in [6.07, 6.45) is 6.98. The van der Waals surface area contributed by atoms with Crippen LogP contribution in [0.4, 0.5) is 0 Å². The highest BCUT2D eigenvalue weighted by molar-refractivity contribution is 5.86. The van der Waals surface area contributed by atoms with E-state index in [-0.39, 0.29) is 12.0 Å². The topological polar surface area (TPSA) is 61.9 Å². The zero-order valence-corrected chi connectivity index (χ0v) is 10.5. The van der Waals surface area contributed by atoms with E-state index in [2.05, 4.69) is 10.1 Å². The molecule has 6 heteroatoms. The van der Waals surface area contributed by atoms with Gasteiger partial charge in [-0.1, -0.05) is 0 Å². The number of carbonyl (C=O) groups excluding carboxylic acids is 1. The van der Waals surface area contributed by atoms with E-state index in [1.165, 1.54) is 0 Å². The summed E-state index contributed by atoms with van der Waals surface area (Å²) in [4.78, 5) is 15.5. The Morgan fingerprint density at radius 1 is 1.56 bits per heavy atom. The van der Waals surface area contributed by atoms with Gasteiger partial charge >= 0.3 is 5.97 Å². The van der Waals surface area contributed by atoms with Gasteiger partial charge in [0.1, 0.15) is 0 Å². The number of hydrogen-bond donors (Lipinski definition) is 0. The number of rotatable bonds is 5. The maximum Gasteiger partial charge on any atom is 0.358 e. The number of carbonyl (C=O) groups is 1. The zero-order chi connectivity index (χ0) is 13.0. The summed E-state index contributed by atoms with van der Waals surface area (Å²) >= 11 is 0. The molecule has 0 aliphatic carbocycles. The van der Waals surface area contributed by atoms with Crippen LogP contribution in [-0.2, 0) is 11.3 Å². The van der Waals surface area contributed by atoms with Crippen LogP contribution in [0.25, 0.3) is 0 Å². The van der Waals surface area contributed by atoms with E-state index >= 15 is 0 Å². The van der Waals surface area contributed by atoms with E-state index in [9.17, 15) is 4.79 Å². The first-order valence-corrected chi connectivity index (χ1v) is 5.88. The second-order valence-electron chi connectivity index (χ2n) is 4.00. The first-order chi connectivity index (χ1) is 8.70. The lowest BCUT2D eigenvalue weighted by Crippen LogP contribution is -2.12. The van der Waals surface area contributed by atoms with Crippen molar-refractivity contribution in [3.63, 3.8) is 0 Å². The summed E-state index contributed by atoms with van der Waals surface area (Å²) in [5.74, 6) is -0.387. The lowest BCUT2D eigenvalue weighted by molar-refractivity contribution is 0.0520. The average Bonchev–Trinajstić information content (AvgIpc) is 2.99. The van der Waals surface area contributed by atoms with Crippen molar-refractivity contribution in [2.45, 2.75) is 26.4 Å². The third-order valence-corrected chi connectivity index (χ3v) is 2.61. The molecule has 0 aliphatic rings. The molecular weight excluding hydrogens is 232 g/mol. The van der Waals surface area contributed by atoms with Gasteiger partial charge < -0.3 is 9.30 Å². The Labute approximate surface area is 105 Å². The molecule has 0 N–H and O–H groups in total. The fourth-order valence-corrected chi connectivity index (χ4v) is 1.66. The Kier molecular flexibility index (Phi) is 3.76. The van der Waals surface area contributed by atoms with Crippen LogP contribution in [0.5, 0.6) is 0 Å². The largest absolute Gasteiger partial charge is 0.461 e. The smallest absolute Gasteiger partial charge is 0.358 e. The highest BCUT2D eigenvalue weighted by Gasteiger charge is 2.13. The van der Waals surface area contributed by atoms with Gasteiger partial charge in [-0.2, -0.15) is 5.10 Å². The van der Waals surface area contributed by atoms with E-state index in [1.54, 1.807) is 25.6 Å². The van der Waals surface area contributed by atoms with Crippen LogP contribution in [0.15, 0.2) is 31.0 Å². The Balaban J connectivity index is 2.03. The molecule has 0 aliphatic heterocycles. The van der Waals surface area contributed by atoms with Crippen LogP contribution in [0.3, 0.4) is 0 Å². The molecule has 1 atom stereocenters. The van der Waals surface area contributed by atoms with Crippen LogP contribution >= 0.6 is 0 Å². The fraction of sp³-hybridized carbons (Fsp3) is 0.417. The van der Waals surface area contributed by atoms with Crippen LogP contribution in [0.1, 0.15) is 30.4 Å². The molecule has 2 aromatic heterocycles. The zero-order valence-electron chi connectivity index (χ0n) is 10.5. The minimum atomic E-state index is -0.387. The second-order valence-corrected chi connectivity index (χ2v) is 4.00. The molecule has 0 aromatic carbocycles. The van der Waals surface area contributed by atoms with Crippen LogP contribution < -0.4 is 0 Å². The molecular formula is C12H16N4O2. The summed E-state index contributed by atoms with van der Waals surface area (Å²) in [5.41, 5.74) is 0.337. The van der Waals surface area contributed by atoms with E-state index in [0.29, 0.717) is 12.3 Å². The van der Waals surface area contributed by atoms with Gasteiger partial charge in [0.2, 0.25) is 0 Å². The predicted molar refractivity (Wildman–Crippen MR) is 65.1 cm³/mol. The normalized spacial score (nSPS) is 12.3. The Morgan fingerprint density at radius 3 is 3.06 bits per heavy atom. The lowest BCUT2D eigenvalue weighted by atomic mass is 10.3. The average molecular weight is 248 g/mol. The molecule has 0 saturated carbocycles. The molecule has 0 bridgehead atoms. The van der Waals surface area contributed by atoms with Crippen molar-refractivity contribution in [1.82, 2.24) is 19.3 Å². The minimum Gasteiger partial charge on any atom is -0.461 e.